The fourth-order valence-corrected chi connectivity index (χ4v) is 4.30. The van der Waals surface area contributed by atoms with Crippen LogP contribution in [-0.2, 0) is 12.8 Å². The molecule has 2 heterocycles. The number of carbonyl (C=O) groups excluding carboxylic acids is 1. The van der Waals surface area contributed by atoms with E-state index < -0.39 is 11.9 Å². The first-order valence-electron chi connectivity index (χ1n) is 8.45. The van der Waals surface area contributed by atoms with Gasteiger partial charge in [0, 0.05) is 10.9 Å². The van der Waals surface area contributed by atoms with Gasteiger partial charge in [-0.25, -0.2) is 4.79 Å². The molecule has 0 aliphatic heterocycles. The molecule has 0 unspecified atom stereocenters. The molecule has 0 bridgehead atoms. The molecule has 2 aromatic heterocycles. The molecule has 1 aromatic carbocycles. The Kier molecular flexibility index (Phi) is 4.34. The van der Waals surface area contributed by atoms with Crippen molar-refractivity contribution in [3.05, 3.63) is 64.4 Å². The summed E-state index contributed by atoms with van der Waals surface area (Å²) >= 11 is 1.21. The molecule has 26 heavy (non-hydrogen) atoms. The van der Waals surface area contributed by atoms with E-state index in [-0.39, 0.29) is 11.3 Å². The lowest BCUT2D eigenvalue weighted by atomic mass is 9.89. The summed E-state index contributed by atoms with van der Waals surface area (Å²) in [5, 5.41) is 14.5. The van der Waals surface area contributed by atoms with E-state index in [1.165, 1.54) is 41.2 Å². The topological polar surface area (TPSA) is 79.5 Å². The van der Waals surface area contributed by atoms with Crippen LogP contribution in [0.4, 0.5) is 5.00 Å². The van der Waals surface area contributed by atoms with E-state index in [1.54, 1.807) is 11.4 Å². The number of hydrogen-bond acceptors (Lipinski definition) is 4. The maximum atomic E-state index is 12.2. The number of carboxylic acid groups (broad SMARTS) is 1. The monoisotopic (exact) mass is 367 g/mol. The number of fused-ring (bicyclic) bond motifs is 1. The number of aromatic carboxylic acids is 1. The third-order valence-corrected chi connectivity index (χ3v) is 5.53. The van der Waals surface area contributed by atoms with E-state index in [4.69, 9.17) is 4.42 Å². The Morgan fingerprint density at radius 3 is 2.65 bits per heavy atom. The highest BCUT2D eigenvalue weighted by Gasteiger charge is 2.23. The summed E-state index contributed by atoms with van der Waals surface area (Å²) in [6, 6.07) is 9.29. The van der Waals surface area contributed by atoms with Crippen molar-refractivity contribution < 1.29 is 19.1 Å². The minimum Gasteiger partial charge on any atom is -0.478 e. The minimum atomic E-state index is -1.06. The fraction of sp³-hybridized carbons (Fsp3) is 0.200. The van der Waals surface area contributed by atoms with Crippen LogP contribution in [0.3, 0.4) is 0 Å². The molecule has 2 N–H and O–H groups in total. The molecule has 1 aliphatic carbocycles. The van der Waals surface area contributed by atoms with Gasteiger partial charge in [-0.1, -0.05) is 18.2 Å². The zero-order valence-corrected chi connectivity index (χ0v) is 14.8. The third kappa shape index (κ3) is 3.04. The number of furan rings is 1. The van der Waals surface area contributed by atoms with Gasteiger partial charge in [0.1, 0.15) is 10.6 Å². The number of hydrogen-bond donors (Lipinski definition) is 2. The van der Waals surface area contributed by atoms with Crippen LogP contribution in [0, 0.1) is 0 Å². The number of amides is 1. The van der Waals surface area contributed by atoms with Crippen LogP contribution in [0.1, 0.15) is 44.9 Å². The molecule has 0 atom stereocenters. The molecule has 1 aliphatic rings. The summed E-state index contributed by atoms with van der Waals surface area (Å²) in [6.45, 7) is 0. The van der Waals surface area contributed by atoms with Crippen LogP contribution in [0.2, 0.25) is 0 Å². The van der Waals surface area contributed by atoms with E-state index in [9.17, 15) is 14.7 Å². The Morgan fingerprint density at radius 2 is 1.92 bits per heavy atom. The van der Waals surface area contributed by atoms with Crippen molar-refractivity contribution >= 4 is 28.2 Å². The van der Waals surface area contributed by atoms with Crippen LogP contribution >= 0.6 is 11.3 Å². The molecule has 0 fully saturated rings. The largest absolute Gasteiger partial charge is 0.478 e. The van der Waals surface area contributed by atoms with Crippen molar-refractivity contribution in [2.45, 2.75) is 25.7 Å². The number of carbonyl (C=O) groups is 2. The quantitative estimate of drug-likeness (QED) is 0.692. The number of aryl methyl sites for hydroxylation is 2. The van der Waals surface area contributed by atoms with Crippen LogP contribution < -0.4 is 5.32 Å². The summed E-state index contributed by atoms with van der Waals surface area (Å²) < 4.78 is 5.07. The number of rotatable bonds is 4. The Morgan fingerprint density at radius 1 is 1.12 bits per heavy atom. The molecule has 6 heteroatoms. The first kappa shape index (κ1) is 16.6. The maximum absolute atomic E-state index is 12.2. The molecule has 1 amide bonds. The number of nitrogens with one attached hydrogen (secondary N) is 1. The molecule has 132 valence electrons. The van der Waals surface area contributed by atoms with Gasteiger partial charge >= 0.3 is 5.97 Å². The normalized spacial score (nSPS) is 13.2. The summed E-state index contributed by atoms with van der Waals surface area (Å²) in [7, 11) is 0. The molecule has 0 saturated carbocycles. The Balaban J connectivity index is 1.70. The number of benzene rings is 1. The van der Waals surface area contributed by atoms with Crippen LogP contribution in [0.5, 0.6) is 0 Å². The third-order valence-electron chi connectivity index (χ3n) is 4.64. The summed E-state index contributed by atoms with van der Waals surface area (Å²) in [5.74, 6) is -1.38. The average Bonchev–Trinajstić information content (AvgIpc) is 3.31. The summed E-state index contributed by atoms with van der Waals surface area (Å²) in [5.41, 5.74) is 4.25. The lowest BCUT2D eigenvalue weighted by Gasteiger charge is -2.16. The Labute approximate surface area is 154 Å². The van der Waals surface area contributed by atoms with Crippen molar-refractivity contribution in [3.8, 4) is 11.1 Å². The average molecular weight is 367 g/mol. The second-order valence-electron chi connectivity index (χ2n) is 6.28. The molecule has 0 spiro atoms. The van der Waals surface area contributed by atoms with Crippen LogP contribution in [-0.4, -0.2) is 17.0 Å². The van der Waals surface area contributed by atoms with E-state index in [1.807, 2.05) is 6.07 Å². The Bertz CT molecular complexity index is 972. The highest BCUT2D eigenvalue weighted by atomic mass is 32.1. The molecule has 3 aromatic rings. The van der Waals surface area contributed by atoms with Crippen molar-refractivity contribution in [2.75, 3.05) is 5.32 Å². The van der Waals surface area contributed by atoms with Gasteiger partial charge in [0.05, 0.1) is 6.26 Å². The van der Waals surface area contributed by atoms with Gasteiger partial charge in [-0.05, 0) is 54.5 Å². The molecular formula is C20H17NO4S. The molecular weight excluding hydrogens is 350 g/mol. The highest BCUT2D eigenvalue weighted by molar-refractivity contribution is 7.15. The first-order valence-corrected chi connectivity index (χ1v) is 9.33. The van der Waals surface area contributed by atoms with Gasteiger partial charge in [0.25, 0.3) is 5.91 Å². The molecule has 0 radical (unpaired) electrons. The highest BCUT2D eigenvalue weighted by Crippen LogP contribution is 2.37. The van der Waals surface area contributed by atoms with Gasteiger partial charge in [-0.2, -0.15) is 0 Å². The SMILES string of the molecule is O=C(Nc1scc(-c2ccc3c(c2)CCCC3)c1C(=O)O)c1ccco1. The van der Waals surface area contributed by atoms with Gasteiger partial charge in [0.15, 0.2) is 5.76 Å². The van der Waals surface area contributed by atoms with Gasteiger partial charge in [0.2, 0.25) is 0 Å². The number of thiophene rings is 1. The number of carboxylic acids is 1. The zero-order chi connectivity index (χ0) is 18.1. The van der Waals surface area contributed by atoms with E-state index in [0.29, 0.717) is 10.6 Å². The second-order valence-corrected chi connectivity index (χ2v) is 7.16. The van der Waals surface area contributed by atoms with Gasteiger partial charge < -0.3 is 14.8 Å². The van der Waals surface area contributed by atoms with Crippen molar-refractivity contribution in [1.29, 1.82) is 0 Å². The minimum absolute atomic E-state index is 0.116. The van der Waals surface area contributed by atoms with Crippen molar-refractivity contribution in [3.63, 3.8) is 0 Å². The van der Waals surface area contributed by atoms with Gasteiger partial charge in [-0.3, -0.25) is 4.79 Å². The summed E-state index contributed by atoms with van der Waals surface area (Å²) in [4.78, 5) is 24.1. The van der Waals surface area contributed by atoms with Crippen molar-refractivity contribution in [1.82, 2.24) is 0 Å². The van der Waals surface area contributed by atoms with E-state index in [2.05, 4.69) is 17.4 Å². The second kappa shape index (κ2) is 6.80. The lowest BCUT2D eigenvalue weighted by molar-refractivity contribution is 0.0699. The van der Waals surface area contributed by atoms with Crippen LogP contribution in [0.25, 0.3) is 11.1 Å². The Hall–Kier alpha value is -2.86. The van der Waals surface area contributed by atoms with Crippen molar-refractivity contribution in [2.24, 2.45) is 0 Å². The number of anilines is 1. The standard InChI is InChI=1S/C20H17NO4S/c22-18(16-6-3-9-25-16)21-19-17(20(23)24)15(11-26-19)14-8-7-12-4-1-2-5-13(12)10-14/h3,6-11H,1-2,4-5H2,(H,21,22)(H,23,24). The fourth-order valence-electron chi connectivity index (χ4n) is 3.35. The zero-order valence-electron chi connectivity index (χ0n) is 14.0. The molecule has 5 nitrogen and oxygen atoms in total. The van der Waals surface area contributed by atoms with Crippen LogP contribution in [0.15, 0.2) is 46.4 Å². The predicted molar refractivity (Wildman–Crippen MR) is 100 cm³/mol. The molecule has 4 rings (SSSR count). The smallest absolute Gasteiger partial charge is 0.339 e. The summed E-state index contributed by atoms with van der Waals surface area (Å²) in [6.07, 6.45) is 5.87. The first-order chi connectivity index (χ1) is 12.6. The van der Waals surface area contributed by atoms with E-state index in [0.717, 1.165) is 24.8 Å². The van der Waals surface area contributed by atoms with Gasteiger partial charge in [-0.15, -0.1) is 11.3 Å². The predicted octanol–water partition coefficient (Wildman–Crippen LogP) is 4.84. The van der Waals surface area contributed by atoms with E-state index >= 15 is 0 Å². The maximum Gasteiger partial charge on any atom is 0.339 e. The molecule has 0 saturated heterocycles. The lowest BCUT2D eigenvalue weighted by Crippen LogP contribution is -2.12.